The Morgan fingerprint density at radius 3 is 2.61 bits per heavy atom. The van der Waals surface area contributed by atoms with Crippen molar-refractivity contribution < 1.29 is 9.13 Å². The van der Waals surface area contributed by atoms with Crippen LogP contribution in [-0.4, -0.2) is 19.3 Å². The summed E-state index contributed by atoms with van der Waals surface area (Å²) in [6.07, 6.45) is 2.39. The van der Waals surface area contributed by atoms with Crippen molar-refractivity contribution in [2.75, 3.05) is 0 Å². The average molecular weight is 413 g/mol. The van der Waals surface area contributed by atoms with E-state index in [1.807, 2.05) is 4.68 Å². The number of nitrogens with zero attached hydrogens (tertiary/aromatic N) is 5. The molecule has 152 valence electrons. The largest absolute Gasteiger partial charge is 0.423 e. The van der Waals surface area contributed by atoms with Gasteiger partial charge in [-0.1, -0.05) is 24.3 Å². The first-order chi connectivity index (χ1) is 15.2. The quantitative estimate of drug-likeness (QED) is 0.505. The minimum absolute atomic E-state index is 0.0660. The van der Waals surface area contributed by atoms with Crippen molar-refractivity contribution in [2.45, 2.75) is 19.5 Å². The van der Waals surface area contributed by atoms with Crippen LogP contribution < -0.4 is 10.3 Å². The van der Waals surface area contributed by atoms with Gasteiger partial charge in [0.1, 0.15) is 17.6 Å². The number of halogens is 1. The first kappa shape index (κ1) is 18.8. The van der Waals surface area contributed by atoms with Gasteiger partial charge in [0.05, 0.1) is 22.5 Å². The molecule has 7 nitrogen and oxygen atoms in total. The number of rotatable bonds is 4. The van der Waals surface area contributed by atoms with Crippen LogP contribution in [-0.2, 0) is 13.1 Å². The minimum Gasteiger partial charge on any atom is -0.423 e. The molecule has 2 aromatic heterocycles. The molecule has 0 bridgehead atoms. The Hall–Kier alpha value is -4.25. The van der Waals surface area contributed by atoms with Gasteiger partial charge in [-0.15, -0.1) is 0 Å². The third-order valence-electron chi connectivity index (χ3n) is 5.19. The van der Waals surface area contributed by atoms with Crippen LogP contribution in [0.1, 0.15) is 12.0 Å². The fourth-order valence-electron chi connectivity index (χ4n) is 3.82. The second-order valence-electron chi connectivity index (χ2n) is 7.07. The van der Waals surface area contributed by atoms with E-state index >= 15 is 0 Å². The molecule has 0 unspecified atom stereocenters. The smallest absolute Gasteiger partial charge is 0.322 e. The molecule has 8 heteroatoms. The standard InChI is InChI=1S/C23H16FN5O2/c24-17-8-6-15(7-9-17)20-21(28-12-3-13-29(28)22(20)30)18-10-11-26-23(27-18)31-19-5-2-1-4-16(19)14-25/h1-2,4-11H,3,12-13H2. The second-order valence-corrected chi connectivity index (χ2v) is 7.07. The number of aromatic nitrogens is 4. The zero-order valence-electron chi connectivity index (χ0n) is 16.3. The van der Waals surface area contributed by atoms with Gasteiger partial charge in [-0.3, -0.25) is 9.48 Å². The summed E-state index contributed by atoms with van der Waals surface area (Å²) in [6, 6.07) is 16.5. The molecule has 0 fully saturated rings. The highest BCUT2D eigenvalue weighted by Gasteiger charge is 2.26. The lowest BCUT2D eigenvalue weighted by Crippen LogP contribution is -2.17. The van der Waals surface area contributed by atoms with Crippen LogP contribution in [0.25, 0.3) is 22.5 Å². The SMILES string of the molecule is N#Cc1ccccc1Oc1nccc(-c2c(-c3ccc(F)cc3)c(=O)n3n2CCC3)n1. The lowest BCUT2D eigenvalue weighted by atomic mass is 10.0. The van der Waals surface area contributed by atoms with Gasteiger partial charge in [-0.2, -0.15) is 10.2 Å². The van der Waals surface area contributed by atoms with Crippen LogP contribution in [0.4, 0.5) is 4.39 Å². The van der Waals surface area contributed by atoms with Crippen molar-refractivity contribution in [3.63, 3.8) is 0 Å². The molecule has 5 rings (SSSR count). The highest BCUT2D eigenvalue weighted by Crippen LogP contribution is 2.32. The van der Waals surface area contributed by atoms with Crippen molar-refractivity contribution in [1.29, 1.82) is 5.26 Å². The zero-order valence-corrected chi connectivity index (χ0v) is 16.3. The highest BCUT2D eigenvalue weighted by molar-refractivity contribution is 5.79. The van der Waals surface area contributed by atoms with Crippen LogP contribution >= 0.6 is 0 Å². The number of benzene rings is 2. The molecule has 31 heavy (non-hydrogen) atoms. The molecule has 0 radical (unpaired) electrons. The molecular weight excluding hydrogens is 397 g/mol. The topological polar surface area (TPSA) is 85.7 Å². The van der Waals surface area contributed by atoms with Gasteiger partial charge in [-0.05, 0) is 42.3 Å². The summed E-state index contributed by atoms with van der Waals surface area (Å²) in [5.74, 6) is -0.0220. The van der Waals surface area contributed by atoms with E-state index in [2.05, 4.69) is 16.0 Å². The van der Waals surface area contributed by atoms with E-state index in [1.165, 1.54) is 12.1 Å². The lowest BCUT2D eigenvalue weighted by Gasteiger charge is -2.10. The molecule has 1 aliphatic rings. The number of ether oxygens (including phenoxy) is 1. The molecule has 4 aromatic rings. The fourth-order valence-corrected chi connectivity index (χ4v) is 3.82. The van der Waals surface area contributed by atoms with Gasteiger partial charge in [0.15, 0.2) is 0 Å². The van der Waals surface area contributed by atoms with Crippen LogP contribution in [0, 0.1) is 17.1 Å². The Labute approximate surface area is 176 Å². The molecule has 0 amide bonds. The molecule has 0 N–H and O–H groups in total. The number of hydrogen-bond donors (Lipinski definition) is 0. The van der Waals surface area contributed by atoms with E-state index < -0.39 is 0 Å². The van der Waals surface area contributed by atoms with E-state index in [-0.39, 0.29) is 17.4 Å². The highest BCUT2D eigenvalue weighted by atomic mass is 19.1. The summed E-state index contributed by atoms with van der Waals surface area (Å²) in [6.45, 7) is 1.28. The summed E-state index contributed by atoms with van der Waals surface area (Å²) < 4.78 is 22.8. The monoisotopic (exact) mass is 413 g/mol. The number of fused-ring (bicyclic) bond motifs is 1. The Morgan fingerprint density at radius 2 is 1.81 bits per heavy atom. The van der Waals surface area contributed by atoms with Crippen molar-refractivity contribution >= 4 is 0 Å². The number of nitriles is 1. The third-order valence-corrected chi connectivity index (χ3v) is 5.19. The maximum absolute atomic E-state index is 13.5. The molecule has 0 saturated heterocycles. The molecule has 1 aliphatic heterocycles. The Bertz CT molecular complexity index is 1380. The van der Waals surface area contributed by atoms with E-state index in [0.29, 0.717) is 46.9 Å². The normalized spacial score (nSPS) is 12.4. The molecule has 0 atom stereocenters. The zero-order chi connectivity index (χ0) is 21.4. The van der Waals surface area contributed by atoms with E-state index in [9.17, 15) is 14.4 Å². The van der Waals surface area contributed by atoms with E-state index in [1.54, 1.807) is 53.3 Å². The maximum atomic E-state index is 13.5. The summed E-state index contributed by atoms with van der Waals surface area (Å²) in [7, 11) is 0. The van der Waals surface area contributed by atoms with Crippen LogP contribution in [0.15, 0.2) is 65.6 Å². The fraction of sp³-hybridized carbons (Fsp3) is 0.130. The van der Waals surface area contributed by atoms with Gasteiger partial charge >= 0.3 is 6.01 Å². The minimum atomic E-state index is -0.369. The van der Waals surface area contributed by atoms with Crippen molar-refractivity contribution in [2.24, 2.45) is 0 Å². The van der Waals surface area contributed by atoms with Crippen molar-refractivity contribution in [3.8, 4) is 40.3 Å². The van der Waals surface area contributed by atoms with E-state index in [0.717, 1.165) is 6.42 Å². The number of para-hydroxylation sites is 1. The summed E-state index contributed by atoms with van der Waals surface area (Å²) >= 11 is 0. The first-order valence-corrected chi connectivity index (χ1v) is 9.75. The molecule has 3 heterocycles. The number of hydrogen-bond acceptors (Lipinski definition) is 5. The van der Waals surface area contributed by atoms with Gasteiger partial charge in [0.25, 0.3) is 5.56 Å². The molecule has 0 spiro atoms. The Morgan fingerprint density at radius 1 is 1.03 bits per heavy atom. The van der Waals surface area contributed by atoms with E-state index in [4.69, 9.17) is 4.74 Å². The first-order valence-electron chi connectivity index (χ1n) is 9.75. The molecule has 0 saturated carbocycles. The summed E-state index contributed by atoms with van der Waals surface area (Å²) in [5.41, 5.74) is 2.44. The predicted octanol–water partition coefficient (Wildman–Crippen LogP) is 3.98. The van der Waals surface area contributed by atoms with Gasteiger partial charge in [0.2, 0.25) is 0 Å². The van der Waals surface area contributed by atoms with Crippen LogP contribution in [0.3, 0.4) is 0 Å². The Balaban J connectivity index is 1.64. The molecular formula is C23H16FN5O2. The van der Waals surface area contributed by atoms with Gasteiger partial charge in [0, 0.05) is 19.3 Å². The van der Waals surface area contributed by atoms with Crippen LogP contribution in [0.2, 0.25) is 0 Å². The van der Waals surface area contributed by atoms with Gasteiger partial charge < -0.3 is 4.74 Å². The average Bonchev–Trinajstić information content (AvgIpc) is 3.37. The third kappa shape index (κ3) is 3.26. The summed E-state index contributed by atoms with van der Waals surface area (Å²) in [5, 5.41) is 9.28. The molecule has 2 aromatic carbocycles. The Kier molecular flexibility index (Phi) is 4.56. The summed E-state index contributed by atoms with van der Waals surface area (Å²) in [4.78, 5) is 21.8. The van der Waals surface area contributed by atoms with Gasteiger partial charge in [-0.25, -0.2) is 14.1 Å². The molecule has 0 aliphatic carbocycles. The predicted molar refractivity (Wildman–Crippen MR) is 111 cm³/mol. The van der Waals surface area contributed by atoms with Crippen molar-refractivity contribution in [3.05, 3.63) is 82.5 Å². The van der Waals surface area contributed by atoms with Crippen LogP contribution in [0.5, 0.6) is 11.8 Å². The lowest BCUT2D eigenvalue weighted by molar-refractivity contribution is 0.441. The maximum Gasteiger partial charge on any atom is 0.322 e. The second kappa shape index (κ2) is 7.54. The van der Waals surface area contributed by atoms with Crippen molar-refractivity contribution in [1.82, 2.24) is 19.3 Å².